The lowest BCUT2D eigenvalue weighted by atomic mass is 9.80. The predicted molar refractivity (Wildman–Crippen MR) is 78.7 cm³/mol. The molecule has 108 valence electrons. The summed E-state index contributed by atoms with van der Waals surface area (Å²) in [6.07, 6.45) is 1.20. The second-order valence-electron chi connectivity index (χ2n) is 5.16. The molecule has 0 aliphatic heterocycles. The van der Waals surface area contributed by atoms with E-state index in [-0.39, 0.29) is 5.78 Å². The average molecular weight is 284 g/mol. The fraction of sp³-hybridized carbons (Fsp3) is 0.294. The van der Waals surface area contributed by atoms with E-state index < -0.39 is 11.9 Å². The van der Waals surface area contributed by atoms with Gasteiger partial charge >= 0.3 is 5.97 Å². The molecule has 3 rings (SSSR count). The number of carbonyl (C=O) groups excluding carboxylic acids is 2. The summed E-state index contributed by atoms with van der Waals surface area (Å²) in [5.41, 5.74) is 1.65. The summed E-state index contributed by atoms with van der Waals surface area (Å²) in [6, 6.07) is 9.51. The van der Waals surface area contributed by atoms with Crippen molar-refractivity contribution in [2.24, 2.45) is 5.92 Å². The largest absolute Gasteiger partial charge is 0.497 e. The van der Waals surface area contributed by atoms with Crippen molar-refractivity contribution in [3.05, 3.63) is 41.5 Å². The zero-order valence-corrected chi connectivity index (χ0v) is 12.0. The van der Waals surface area contributed by atoms with E-state index >= 15 is 0 Å². The lowest BCUT2D eigenvalue weighted by Crippen LogP contribution is -2.30. The van der Waals surface area contributed by atoms with Crippen LogP contribution in [0.2, 0.25) is 0 Å². The molecule has 0 aromatic heterocycles. The van der Waals surface area contributed by atoms with E-state index in [0.29, 0.717) is 18.4 Å². The van der Waals surface area contributed by atoms with Gasteiger partial charge in [0.05, 0.1) is 14.2 Å². The van der Waals surface area contributed by atoms with Crippen LogP contribution in [0.4, 0.5) is 0 Å². The first-order chi connectivity index (χ1) is 10.2. The Morgan fingerprint density at radius 3 is 2.71 bits per heavy atom. The lowest BCUT2D eigenvalue weighted by Gasteiger charge is -2.23. The van der Waals surface area contributed by atoms with Gasteiger partial charge < -0.3 is 9.47 Å². The van der Waals surface area contributed by atoms with Crippen LogP contribution in [0, 0.1) is 5.92 Å². The Hall–Kier alpha value is -2.36. The minimum Gasteiger partial charge on any atom is -0.497 e. The Kier molecular flexibility index (Phi) is 3.37. The van der Waals surface area contributed by atoms with Crippen LogP contribution in [0.1, 0.15) is 22.3 Å². The highest BCUT2D eigenvalue weighted by molar-refractivity contribution is 6.12. The molecule has 0 heterocycles. The highest BCUT2D eigenvalue weighted by Crippen LogP contribution is 2.33. The standard InChI is InChI=1S/C17H16O4/c1-20-11-4-6-12-10(9-11)3-5-14-13(12)7-8-15(16(14)18)17(19)21-2/h3-6,9,15H,7-8H2,1-2H3. The first-order valence-electron chi connectivity index (χ1n) is 6.87. The van der Waals surface area contributed by atoms with Crippen LogP contribution in [-0.4, -0.2) is 26.0 Å². The van der Waals surface area contributed by atoms with Crippen LogP contribution >= 0.6 is 0 Å². The Balaban J connectivity index is 2.10. The molecule has 21 heavy (non-hydrogen) atoms. The van der Waals surface area contributed by atoms with Gasteiger partial charge in [0, 0.05) is 5.56 Å². The third-order valence-electron chi connectivity index (χ3n) is 4.09. The van der Waals surface area contributed by atoms with Gasteiger partial charge in [-0.15, -0.1) is 0 Å². The molecule has 0 saturated carbocycles. The fourth-order valence-electron chi connectivity index (χ4n) is 2.97. The number of aryl methyl sites for hydroxylation is 1. The van der Waals surface area contributed by atoms with E-state index in [9.17, 15) is 9.59 Å². The number of methoxy groups -OCH3 is 2. The summed E-state index contributed by atoms with van der Waals surface area (Å²) in [5.74, 6) is -0.462. The Labute approximate surface area is 122 Å². The van der Waals surface area contributed by atoms with Crippen molar-refractivity contribution in [1.82, 2.24) is 0 Å². The lowest BCUT2D eigenvalue weighted by molar-refractivity contribution is -0.143. The number of benzene rings is 2. The van der Waals surface area contributed by atoms with Crippen molar-refractivity contribution in [2.45, 2.75) is 12.8 Å². The number of ketones is 1. The molecular weight excluding hydrogens is 268 g/mol. The molecule has 0 fully saturated rings. The van der Waals surface area contributed by atoms with Crippen molar-refractivity contribution in [2.75, 3.05) is 14.2 Å². The second kappa shape index (κ2) is 5.20. The number of hydrogen-bond donors (Lipinski definition) is 0. The van der Waals surface area contributed by atoms with Crippen molar-refractivity contribution in [3.63, 3.8) is 0 Å². The maximum Gasteiger partial charge on any atom is 0.316 e. The normalized spacial score (nSPS) is 17.4. The number of hydrogen-bond acceptors (Lipinski definition) is 4. The molecule has 4 heteroatoms. The molecule has 2 aromatic carbocycles. The van der Waals surface area contributed by atoms with Gasteiger partial charge in [-0.3, -0.25) is 9.59 Å². The minimum absolute atomic E-state index is 0.138. The molecule has 1 aliphatic rings. The van der Waals surface area contributed by atoms with Crippen LogP contribution < -0.4 is 4.74 Å². The number of carbonyl (C=O) groups is 2. The maximum absolute atomic E-state index is 12.5. The van der Waals surface area contributed by atoms with Crippen LogP contribution in [0.15, 0.2) is 30.3 Å². The Morgan fingerprint density at radius 1 is 1.19 bits per heavy atom. The molecule has 0 saturated heterocycles. The van der Waals surface area contributed by atoms with Crippen LogP contribution in [-0.2, 0) is 16.0 Å². The number of esters is 1. The quantitative estimate of drug-likeness (QED) is 0.628. The molecule has 1 atom stereocenters. The number of Topliss-reactive ketones (excluding diaryl/α,β-unsaturated/α-hetero) is 1. The van der Waals surface area contributed by atoms with E-state index in [1.807, 2.05) is 24.3 Å². The molecule has 0 spiro atoms. The van der Waals surface area contributed by atoms with Crippen molar-refractivity contribution >= 4 is 22.5 Å². The summed E-state index contributed by atoms with van der Waals surface area (Å²) in [4.78, 5) is 24.1. The van der Waals surface area contributed by atoms with Gasteiger partial charge in [-0.2, -0.15) is 0 Å². The smallest absolute Gasteiger partial charge is 0.316 e. The topological polar surface area (TPSA) is 52.6 Å². The van der Waals surface area contributed by atoms with Gasteiger partial charge in [0.25, 0.3) is 0 Å². The monoisotopic (exact) mass is 284 g/mol. The Morgan fingerprint density at radius 2 is 2.00 bits per heavy atom. The third kappa shape index (κ3) is 2.17. The molecular formula is C17H16O4. The van der Waals surface area contributed by atoms with Crippen LogP contribution in [0.5, 0.6) is 5.75 Å². The van der Waals surface area contributed by atoms with Crippen molar-refractivity contribution in [3.8, 4) is 5.75 Å². The predicted octanol–water partition coefficient (Wildman–Crippen LogP) is 2.77. The molecule has 0 amide bonds. The van der Waals surface area contributed by atoms with Gasteiger partial charge in [-0.25, -0.2) is 0 Å². The SMILES string of the molecule is COC(=O)C1CCc2c(ccc3cc(OC)ccc23)C1=O. The van der Waals surface area contributed by atoms with E-state index in [0.717, 1.165) is 22.1 Å². The highest BCUT2D eigenvalue weighted by atomic mass is 16.5. The zero-order chi connectivity index (χ0) is 15.0. The molecule has 4 nitrogen and oxygen atoms in total. The van der Waals surface area contributed by atoms with E-state index in [4.69, 9.17) is 9.47 Å². The summed E-state index contributed by atoms with van der Waals surface area (Å²) in [7, 11) is 2.95. The molecule has 2 aromatic rings. The van der Waals surface area contributed by atoms with Gasteiger partial charge in [-0.05, 0) is 41.3 Å². The third-order valence-corrected chi connectivity index (χ3v) is 4.09. The van der Waals surface area contributed by atoms with E-state index in [2.05, 4.69) is 0 Å². The minimum atomic E-state index is -0.668. The summed E-state index contributed by atoms with van der Waals surface area (Å²) in [5, 5.41) is 2.09. The highest BCUT2D eigenvalue weighted by Gasteiger charge is 2.34. The number of rotatable bonds is 2. The molecule has 1 unspecified atom stereocenters. The van der Waals surface area contributed by atoms with Gasteiger partial charge in [0.15, 0.2) is 5.78 Å². The summed E-state index contributed by atoms with van der Waals surface area (Å²) in [6.45, 7) is 0. The first kappa shape index (κ1) is 13.6. The summed E-state index contributed by atoms with van der Waals surface area (Å²) >= 11 is 0. The van der Waals surface area contributed by atoms with Crippen molar-refractivity contribution in [1.29, 1.82) is 0 Å². The number of ether oxygens (including phenoxy) is 2. The average Bonchev–Trinajstić information content (AvgIpc) is 2.53. The molecule has 1 aliphatic carbocycles. The number of fused-ring (bicyclic) bond motifs is 3. The zero-order valence-electron chi connectivity index (χ0n) is 12.0. The maximum atomic E-state index is 12.5. The van der Waals surface area contributed by atoms with Gasteiger partial charge in [-0.1, -0.05) is 18.2 Å². The Bertz CT molecular complexity index is 733. The fourth-order valence-corrected chi connectivity index (χ4v) is 2.97. The first-order valence-corrected chi connectivity index (χ1v) is 6.87. The van der Waals surface area contributed by atoms with Crippen molar-refractivity contribution < 1.29 is 19.1 Å². The molecule has 0 bridgehead atoms. The van der Waals surface area contributed by atoms with Gasteiger partial charge in [0.1, 0.15) is 11.7 Å². The molecule has 0 radical (unpaired) electrons. The van der Waals surface area contributed by atoms with E-state index in [1.54, 1.807) is 13.2 Å². The summed E-state index contributed by atoms with van der Waals surface area (Å²) < 4.78 is 9.94. The van der Waals surface area contributed by atoms with Crippen LogP contribution in [0.25, 0.3) is 10.8 Å². The van der Waals surface area contributed by atoms with E-state index in [1.165, 1.54) is 7.11 Å². The second-order valence-corrected chi connectivity index (χ2v) is 5.16. The molecule has 0 N–H and O–H groups in total. The van der Waals surface area contributed by atoms with Gasteiger partial charge in [0.2, 0.25) is 0 Å². The van der Waals surface area contributed by atoms with Crippen LogP contribution in [0.3, 0.4) is 0 Å².